The van der Waals surface area contributed by atoms with Gasteiger partial charge in [-0.3, -0.25) is 14.5 Å². The Morgan fingerprint density at radius 3 is 2.50 bits per heavy atom. The van der Waals surface area contributed by atoms with Gasteiger partial charge in [0.15, 0.2) is 0 Å². The van der Waals surface area contributed by atoms with Crippen LogP contribution in [0.3, 0.4) is 0 Å². The molecule has 0 aromatic heterocycles. The molecule has 1 fully saturated rings. The van der Waals surface area contributed by atoms with E-state index in [0.717, 1.165) is 45.4 Å². The van der Waals surface area contributed by atoms with Crippen molar-refractivity contribution < 1.29 is 14.3 Å². The Morgan fingerprint density at radius 2 is 1.83 bits per heavy atom. The lowest BCUT2D eigenvalue weighted by molar-refractivity contribution is -0.143. The third-order valence-electron chi connectivity index (χ3n) is 5.42. The van der Waals surface area contributed by atoms with E-state index in [2.05, 4.69) is 34.1 Å². The van der Waals surface area contributed by atoms with Gasteiger partial charge in [0, 0.05) is 40.0 Å². The highest BCUT2D eigenvalue weighted by Crippen LogP contribution is 2.43. The highest BCUT2D eigenvalue weighted by atomic mass is 16.5. The summed E-state index contributed by atoms with van der Waals surface area (Å²) >= 11 is 0. The highest BCUT2D eigenvalue weighted by molar-refractivity contribution is 5.75. The van der Waals surface area contributed by atoms with Crippen LogP contribution in [0, 0.1) is 0 Å². The van der Waals surface area contributed by atoms with Crippen LogP contribution < -0.4 is 0 Å². The maximum Gasteiger partial charge on any atom is 0.302 e. The SMILES string of the molecule is CC(=O)OCCN1CCC2(CC1)c1ccccc1CCN2C(C)=O. The minimum absolute atomic E-state index is 0.165. The molecule has 2 aliphatic heterocycles. The summed E-state index contributed by atoms with van der Waals surface area (Å²) in [6, 6.07) is 8.56. The first-order valence-electron chi connectivity index (χ1n) is 8.75. The monoisotopic (exact) mass is 330 g/mol. The number of carbonyl (C=O) groups is 2. The first kappa shape index (κ1) is 17.0. The lowest BCUT2D eigenvalue weighted by atomic mass is 9.74. The number of amides is 1. The minimum atomic E-state index is -0.229. The van der Waals surface area contributed by atoms with Crippen molar-refractivity contribution in [2.24, 2.45) is 0 Å². The topological polar surface area (TPSA) is 49.9 Å². The third-order valence-corrected chi connectivity index (χ3v) is 5.42. The van der Waals surface area contributed by atoms with E-state index in [1.54, 1.807) is 6.92 Å². The maximum absolute atomic E-state index is 12.3. The Balaban J connectivity index is 1.76. The molecule has 5 heteroatoms. The maximum atomic E-state index is 12.3. The summed E-state index contributed by atoms with van der Waals surface area (Å²) in [5, 5.41) is 0. The number of ether oxygens (including phenoxy) is 1. The van der Waals surface area contributed by atoms with Crippen LogP contribution >= 0.6 is 0 Å². The average Bonchev–Trinajstić information content (AvgIpc) is 2.56. The number of benzene rings is 1. The molecule has 130 valence electrons. The van der Waals surface area contributed by atoms with E-state index in [-0.39, 0.29) is 17.4 Å². The van der Waals surface area contributed by atoms with Crippen molar-refractivity contribution in [3.05, 3.63) is 35.4 Å². The van der Waals surface area contributed by atoms with E-state index in [1.807, 2.05) is 0 Å². The molecule has 24 heavy (non-hydrogen) atoms. The summed E-state index contributed by atoms with van der Waals surface area (Å²) in [5.74, 6) is -0.0645. The van der Waals surface area contributed by atoms with Crippen molar-refractivity contribution in [3.63, 3.8) is 0 Å². The van der Waals surface area contributed by atoms with Gasteiger partial charge >= 0.3 is 5.97 Å². The molecular weight excluding hydrogens is 304 g/mol. The number of hydrogen-bond acceptors (Lipinski definition) is 4. The minimum Gasteiger partial charge on any atom is -0.465 e. The fourth-order valence-corrected chi connectivity index (χ4v) is 4.25. The smallest absolute Gasteiger partial charge is 0.302 e. The molecule has 0 N–H and O–H groups in total. The highest BCUT2D eigenvalue weighted by Gasteiger charge is 2.45. The predicted octanol–water partition coefficient (Wildman–Crippen LogP) is 1.95. The summed E-state index contributed by atoms with van der Waals surface area (Å²) < 4.78 is 5.05. The molecular formula is C19H26N2O3. The van der Waals surface area contributed by atoms with Crippen molar-refractivity contribution in [1.82, 2.24) is 9.80 Å². The fraction of sp³-hybridized carbons (Fsp3) is 0.579. The van der Waals surface area contributed by atoms with Gasteiger partial charge < -0.3 is 9.64 Å². The lowest BCUT2D eigenvalue weighted by Gasteiger charge is -2.52. The van der Waals surface area contributed by atoms with Crippen LogP contribution in [0.4, 0.5) is 0 Å². The standard InChI is InChI=1S/C19H26N2O3/c1-15(22)21-10-7-17-5-3-4-6-18(17)19(21)8-11-20(12-9-19)13-14-24-16(2)23/h3-6H,7-14H2,1-2H3. The second-order valence-electron chi connectivity index (χ2n) is 6.79. The third kappa shape index (κ3) is 3.18. The van der Waals surface area contributed by atoms with Gasteiger partial charge in [-0.15, -0.1) is 0 Å². The van der Waals surface area contributed by atoms with Crippen molar-refractivity contribution in [2.45, 2.75) is 38.6 Å². The van der Waals surface area contributed by atoms with Crippen LogP contribution in [0.15, 0.2) is 24.3 Å². The number of likely N-dealkylation sites (tertiary alicyclic amines) is 1. The quantitative estimate of drug-likeness (QED) is 0.795. The molecule has 0 aliphatic carbocycles. The zero-order valence-electron chi connectivity index (χ0n) is 14.6. The normalized spacial score (nSPS) is 19.8. The largest absolute Gasteiger partial charge is 0.465 e. The number of fused-ring (bicyclic) bond motifs is 2. The summed E-state index contributed by atoms with van der Waals surface area (Å²) in [4.78, 5) is 27.6. The van der Waals surface area contributed by atoms with Crippen molar-refractivity contribution in [1.29, 1.82) is 0 Å². The zero-order valence-corrected chi connectivity index (χ0v) is 14.6. The zero-order chi connectivity index (χ0) is 17.2. The molecule has 1 spiro atoms. The van der Waals surface area contributed by atoms with Crippen molar-refractivity contribution in [2.75, 3.05) is 32.8 Å². The van der Waals surface area contributed by atoms with E-state index < -0.39 is 0 Å². The van der Waals surface area contributed by atoms with E-state index in [1.165, 1.54) is 18.1 Å². The Kier molecular flexibility index (Phi) is 4.90. The molecule has 0 unspecified atom stereocenters. The average molecular weight is 330 g/mol. The van der Waals surface area contributed by atoms with Crippen LogP contribution in [0.1, 0.15) is 37.8 Å². The molecule has 5 nitrogen and oxygen atoms in total. The van der Waals surface area contributed by atoms with Crippen LogP contribution in [-0.2, 0) is 26.3 Å². The van der Waals surface area contributed by atoms with Gasteiger partial charge in [-0.2, -0.15) is 0 Å². The van der Waals surface area contributed by atoms with Gasteiger partial charge in [0.05, 0.1) is 5.54 Å². The van der Waals surface area contributed by atoms with Gasteiger partial charge in [0.2, 0.25) is 5.91 Å². The summed E-state index contributed by atoms with van der Waals surface area (Å²) in [6.45, 7) is 6.96. The van der Waals surface area contributed by atoms with Crippen LogP contribution in [0.5, 0.6) is 0 Å². The molecule has 0 radical (unpaired) electrons. The molecule has 2 heterocycles. The van der Waals surface area contributed by atoms with E-state index >= 15 is 0 Å². The second kappa shape index (κ2) is 6.93. The molecule has 0 atom stereocenters. The van der Waals surface area contributed by atoms with Gasteiger partial charge in [-0.1, -0.05) is 24.3 Å². The molecule has 1 aromatic carbocycles. The molecule has 1 aromatic rings. The van der Waals surface area contributed by atoms with Crippen LogP contribution in [0.2, 0.25) is 0 Å². The van der Waals surface area contributed by atoms with Gasteiger partial charge in [0.1, 0.15) is 6.61 Å². The summed E-state index contributed by atoms with van der Waals surface area (Å²) in [7, 11) is 0. The Bertz CT molecular complexity index is 621. The second-order valence-corrected chi connectivity index (χ2v) is 6.79. The van der Waals surface area contributed by atoms with E-state index in [9.17, 15) is 9.59 Å². The Hall–Kier alpha value is -1.88. The number of rotatable bonds is 3. The van der Waals surface area contributed by atoms with Gasteiger partial charge in [-0.25, -0.2) is 0 Å². The molecule has 2 aliphatic rings. The molecule has 0 saturated carbocycles. The Labute approximate surface area is 143 Å². The van der Waals surface area contributed by atoms with Crippen molar-refractivity contribution in [3.8, 4) is 0 Å². The number of esters is 1. The van der Waals surface area contributed by atoms with Crippen LogP contribution in [-0.4, -0.2) is 54.5 Å². The molecule has 1 saturated heterocycles. The summed E-state index contributed by atoms with van der Waals surface area (Å²) in [5.41, 5.74) is 2.54. The molecule has 0 bridgehead atoms. The number of nitrogens with zero attached hydrogens (tertiary/aromatic N) is 2. The summed E-state index contributed by atoms with van der Waals surface area (Å²) in [6.07, 6.45) is 2.81. The van der Waals surface area contributed by atoms with Crippen LogP contribution in [0.25, 0.3) is 0 Å². The fourth-order valence-electron chi connectivity index (χ4n) is 4.25. The molecule has 3 rings (SSSR count). The van der Waals surface area contributed by atoms with Gasteiger partial charge in [0.25, 0.3) is 0 Å². The first-order chi connectivity index (χ1) is 11.5. The van der Waals surface area contributed by atoms with Gasteiger partial charge in [-0.05, 0) is 30.4 Å². The number of piperidine rings is 1. The van der Waals surface area contributed by atoms with E-state index in [4.69, 9.17) is 4.74 Å². The Morgan fingerprint density at radius 1 is 1.12 bits per heavy atom. The number of carbonyl (C=O) groups excluding carboxylic acids is 2. The lowest BCUT2D eigenvalue weighted by Crippen LogP contribution is -2.57. The predicted molar refractivity (Wildman–Crippen MR) is 91.5 cm³/mol. The molecule has 1 amide bonds. The number of hydrogen-bond donors (Lipinski definition) is 0. The van der Waals surface area contributed by atoms with E-state index in [0.29, 0.717) is 6.61 Å². The first-order valence-corrected chi connectivity index (χ1v) is 8.75. The van der Waals surface area contributed by atoms with Crippen molar-refractivity contribution >= 4 is 11.9 Å².